The fourth-order valence-corrected chi connectivity index (χ4v) is 5.03. The van der Waals surface area contributed by atoms with E-state index in [2.05, 4.69) is 30.3 Å². The molecule has 174 valence electrons. The second-order valence-electron chi connectivity index (χ2n) is 8.80. The fourth-order valence-electron chi connectivity index (χ4n) is 5.03. The SMILES string of the molecule is Cn1cc(-c2ccc3c(n2)-c2c(O)cccc2CC3)nc1-c1[c-]cc2oc3ccccc3c2c1.[Pt]. The molecule has 0 unspecified atom stereocenters. The quantitative estimate of drug-likeness (QED) is 0.226. The van der Waals surface area contributed by atoms with Crippen LogP contribution in [0.3, 0.4) is 0 Å². The van der Waals surface area contributed by atoms with Gasteiger partial charge in [0, 0.05) is 45.3 Å². The van der Waals surface area contributed by atoms with E-state index < -0.39 is 0 Å². The van der Waals surface area contributed by atoms with Crippen molar-refractivity contribution < 1.29 is 30.6 Å². The molecule has 0 spiro atoms. The molecule has 0 atom stereocenters. The van der Waals surface area contributed by atoms with E-state index in [0.29, 0.717) is 0 Å². The largest absolute Gasteiger partial charge is 0.507 e. The van der Waals surface area contributed by atoms with Gasteiger partial charge in [-0.2, -0.15) is 0 Å². The molecule has 1 aliphatic carbocycles. The Balaban J connectivity index is 0.00000229. The second kappa shape index (κ2) is 8.21. The first-order valence-corrected chi connectivity index (χ1v) is 11.3. The van der Waals surface area contributed by atoms with Crippen LogP contribution in [0.5, 0.6) is 5.75 Å². The van der Waals surface area contributed by atoms with Crippen LogP contribution in [0.15, 0.2) is 77.3 Å². The molecule has 3 heterocycles. The third kappa shape index (κ3) is 3.42. The smallest absolute Gasteiger partial charge is 0.125 e. The topological polar surface area (TPSA) is 64.1 Å². The Kier molecular flexibility index (Phi) is 5.12. The van der Waals surface area contributed by atoms with Crippen molar-refractivity contribution in [1.82, 2.24) is 14.5 Å². The molecular formula is C29H20N3O2Pt-. The van der Waals surface area contributed by atoms with Crippen molar-refractivity contribution in [3.8, 4) is 39.8 Å². The number of pyridine rings is 1. The van der Waals surface area contributed by atoms with Crippen molar-refractivity contribution in [3.63, 3.8) is 0 Å². The summed E-state index contributed by atoms with van der Waals surface area (Å²) in [7, 11) is 1.98. The van der Waals surface area contributed by atoms with Crippen LogP contribution < -0.4 is 0 Å². The van der Waals surface area contributed by atoms with Crippen LogP contribution in [0.25, 0.3) is 56.0 Å². The Labute approximate surface area is 216 Å². The Morgan fingerprint density at radius 2 is 1.74 bits per heavy atom. The number of phenols is 1. The first-order chi connectivity index (χ1) is 16.7. The molecule has 1 N–H and O–H groups in total. The third-order valence-electron chi connectivity index (χ3n) is 6.70. The van der Waals surface area contributed by atoms with Gasteiger partial charge in [-0.25, -0.2) is 4.98 Å². The third-order valence-corrected chi connectivity index (χ3v) is 6.70. The van der Waals surface area contributed by atoms with Crippen LogP contribution in [0.1, 0.15) is 11.1 Å². The molecule has 6 aromatic rings. The number of fused-ring (bicyclic) bond motifs is 6. The minimum Gasteiger partial charge on any atom is -0.507 e. The molecule has 35 heavy (non-hydrogen) atoms. The van der Waals surface area contributed by atoms with Gasteiger partial charge < -0.3 is 14.1 Å². The molecule has 3 aromatic carbocycles. The zero-order valence-corrected chi connectivity index (χ0v) is 21.1. The molecule has 6 heteroatoms. The van der Waals surface area contributed by atoms with E-state index in [1.54, 1.807) is 6.07 Å². The van der Waals surface area contributed by atoms with Crippen molar-refractivity contribution in [2.45, 2.75) is 12.8 Å². The summed E-state index contributed by atoms with van der Waals surface area (Å²) >= 11 is 0. The summed E-state index contributed by atoms with van der Waals surface area (Å²) in [5.41, 5.74) is 8.12. The normalized spacial score (nSPS) is 12.4. The van der Waals surface area contributed by atoms with Crippen LogP contribution >= 0.6 is 0 Å². The van der Waals surface area contributed by atoms with Crippen molar-refractivity contribution in [2.75, 3.05) is 0 Å². The van der Waals surface area contributed by atoms with E-state index in [-0.39, 0.29) is 26.8 Å². The molecule has 0 radical (unpaired) electrons. The van der Waals surface area contributed by atoms with Crippen molar-refractivity contribution in [1.29, 1.82) is 0 Å². The van der Waals surface area contributed by atoms with Crippen LogP contribution in [0.4, 0.5) is 0 Å². The summed E-state index contributed by atoms with van der Waals surface area (Å²) in [5.74, 6) is 1.09. The summed E-state index contributed by atoms with van der Waals surface area (Å²) in [6.07, 6.45) is 3.82. The van der Waals surface area contributed by atoms with Gasteiger partial charge in [-0.1, -0.05) is 41.8 Å². The van der Waals surface area contributed by atoms with Gasteiger partial charge in [-0.3, -0.25) is 4.98 Å². The first-order valence-electron chi connectivity index (χ1n) is 11.3. The summed E-state index contributed by atoms with van der Waals surface area (Å²) in [4.78, 5) is 9.88. The number of hydrogen-bond acceptors (Lipinski definition) is 4. The van der Waals surface area contributed by atoms with E-state index in [4.69, 9.17) is 14.4 Å². The fraction of sp³-hybridized carbons (Fsp3) is 0.103. The number of phenolic OH excluding ortho intramolecular Hbond substituents is 1. The number of hydrogen-bond donors (Lipinski definition) is 1. The van der Waals surface area contributed by atoms with Crippen molar-refractivity contribution >= 4 is 21.9 Å². The van der Waals surface area contributed by atoms with Crippen molar-refractivity contribution in [3.05, 3.63) is 90.1 Å². The van der Waals surface area contributed by atoms with Gasteiger partial charge in [0.1, 0.15) is 11.3 Å². The number of imidazole rings is 1. The first kappa shape index (κ1) is 21.8. The summed E-state index contributed by atoms with van der Waals surface area (Å²) in [6.45, 7) is 0. The standard InChI is InChI=1S/C29H20N3O2.Pt/c1-32-16-23(22-13-11-18-10-9-17-5-4-7-24(33)27(17)28(18)30-22)31-29(32)19-12-14-26-21(15-19)20-6-2-3-8-25(20)34-26;/h2-8,11,13-16,33H,9-10H2,1H3;/q-1;. The van der Waals surface area contributed by atoms with Crippen LogP contribution in [-0.4, -0.2) is 19.6 Å². The van der Waals surface area contributed by atoms with Gasteiger partial charge in [0.15, 0.2) is 0 Å². The van der Waals surface area contributed by atoms with Gasteiger partial charge in [-0.05, 0) is 42.2 Å². The number of aromatic hydroxyl groups is 1. The maximum absolute atomic E-state index is 10.5. The molecule has 0 saturated heterocycles. The maximum atomic E-state index is 10.5. The molecule has 0 amide bonds. The number of aromatic nitrogens is 3. The Bertz CT molecular complexity index is 1750. The number of benzene rings is 3. The van der Waals surface area contributed by atoms with Gasteiger partial charge in [-0.15, -0.1) is 23.8 Å². The number of para-hydroxylation sites is 1. The van der Waals surface area contributed by atoms with Gasteiger partial charge in [0.2, 0.25) is 0 Å². The van der Waals surface area contributed by atoms with Crippen molar-refractivity contribution in [2.24, 2.45) is 7.05 Å². The monoisotopic (exact) mass is 637 g/mol. The predicted octanol–water partition coefficient (Wildman–Crippen LogP) is 6.32. The minimum atomic E-state index is 0. The maximum Gasteiger partial charge on any atom is 0.125 e. The Morgan fingerprint density at radius 1 is 0.886 bits per heavy atom. The van der Waals surface area contributed by atoms with Gasteiger partial charge >= 0.3 is 0 Å². The molecule has 1 aliphatic rings. The zero-order valence-electron chi connectivity index (χ0n) is 18.9. The van der Waals surface area contributed by atoms with E-state index >= 15 is 0 Å². The average molecular weight is 638 g/mol. The number of nitrogens with zero attached hydrogens (tertiary/aromatic N) is 3. The molecule has 0 fully saturated rings. The number of aryl methyl sites for hydroxylation is 3. The molecular weight excluding hydrogens is 617 g/mol. The van der Waals surface area contributed by atoms with E-state index in [1.807, 2.05) is 54.2 Å². The molecule has 0 aliphatic heterocycles. The van der Waals surface area contributed by atoms with Crippen LogP contribution in [0, 0.1) is 6.07 Å². The molecule has 3 aromatic heterocycles. The summed E-state index contributed by atoms with van der Waals surface area (Å²) in [6, 6.07) is 25.2. The van der Waals surface area contributed by atoms with Gasteiger partial charge in [0.05, 0.1) is 28.5 Å². The summed E-state index contributed by atoms with van der Waals surface area (Å²) < 4.78 is 7.95. The second-order valence-corrected chi connectivity index (χ2v) is 8.80. The van der Waals surface area contributed by atoms with Gasteiger partial charge in [0.25, 0.3) is 0 Å². The Hall–Kier alpha value is -3.69. The molecule has 5 nitrogen and oxygen atoms in total. The average Bonchev–Trinajstić information content (AvgIpc) is 3.43. The minimum absolute atomic E-state index is 0. The van der Waals surface area contributed by atoms with Crippen LogP contribution in [-0.2, 0) is 41.0 Å². The van der Waals surface area contributed by atoms with Crippen LogP contribution in [0.2, 0.25) is 0 Å². The summed E-state index contributed by atoms with van der Waals surface area (Å²) in [5, 5.41) is 12.7. The van der Waals surface area contributed by atoms with E-state index in [0.717, 1.165) is 79.9 Å². The van der Waals surface area contributed by atoms with E-state index in [9.17, 15) is 5.11 Å². The molecule has 0 saturated carbocycles. The zero-order chi connectivity index (χ0) is 22.8. The number of furan rings is 1. The molecule has 0 bridgehead atoms. The Morgan fingerprint density at radius 3 is 2.66 bits per heavy atom. The number of rotatable bonds is 2. The predicted molar refractivity (Wildman–Crippen MR) is 132 cm³/mol. The van der Waals surface area contributed by atoms with E-state index in [1.165, 1.54) is 0 Å². The molecule has 7 rings (SSSR count).